The first kappa shape index (κ1) is 12.3. The van der Waals surface area contributed by atoms with E-state index in [0.717, 1.165) is 13.0 Å². The lowest BCUT2D eigenvalue weighted by molar-refractivity contribution is -0.163. The van der Waals surface area contributed by atoms with Crippen LogP contribution >= 0.6 is 0 Å². The molecule has 0 radical (unpaired) electrons. The van der Waals surface area contributed by atoms with Crippen LogP contribution in [0, 0.1) is 17.2 Å². The lowest BCUT2D eigenvalue weighted by atomic mass is 10.1. The number of hydrogen-bond acceptors (Lipinski definition) is 3. The second kappa shape index (κ2) is 4.81. The molecule has 86 valence electrons. The first-order chi connectivity index (χ1) is 6.95. The van der Waals surface area contributed by atoms with E-state index < -0.39 is 12.1 Å². The number of halogens is 3. The van der Waals surface area contributed by atoms with E-state index in [9.17, 15) is 13.2 Å². The SMILES string of the molecule is CN(CC(C#N)C(F)(F)F)C1CCNC1. The summed E-state index contributed by atoms with van der Waals surface area (Å²) in [6, 6.07) is 1.42. The molecule has 0 aliphatic carbocycles. The van der Waals surface area contributed by atoms with Crippen molar-refractivity contribution in [2.24, 2.45) is 5.92 Å². The molecular weight excluding hydrogens is 207 g/mol. The molecule has 0 spiro atoms. The number of rotatable bonds is 3. The van der Waals surface area contributed by atoms with E-state index in [-0.39, 0.29) is 12.6 Å². The van der Waals surface area contributed by atoms with Gasteiger partial charge in [0, 0.05) is 19.1 Å². The van der Waals surface area contributed by atoms with Crippen molar-refractivity contribution in [1.29, 1.82) is 5.26 Å². The highest BCUT2D eigenvalue weighted by atomic mass is 19.4. The summed E-state index contributed by atoms with van der Waals surface area (Å²) < 4.78 is 36.9. The monoisotopic (exact) mass is 221 g/mol. The molecule has 1 N–H and O–H groups in total. The Morgan fingerprint density at radius 3 is 2.67 bits per heavy atom. The van der Waals surface area contributed by atoms with Crippen molar-refractivity contribution in [3.05, 3.63) is 0 Å². The average molecular weight is 221 g/mol. The first-order valence-electron chi connectivity index (χ1n) is 4.82. The summed E-state index contributed by atoms with van der Waals surface area (Å²) in [6.45, 7) is 1.29. The Balaban J connectivity index is 2.48. The molecule has 1 heterocycles. The zero-order valence-corrected chi connectivity index (χ0v) is 8.51. The van der Waals surface area contributed by atoms with Crippen LogP contribution in [0.15, 0.2) is 0 Å². The summed E-state index contributed by atoms with van der Waals surface area (Å²) in [4.78, 5) is 1.61. The van der Waals surface area contributed by atoms with Crippen LogP contribution in [0.5, 0.6) is 0 Å². The zero-order chi connectivity index (χ0) is 11.5. The summed E-state index contributed by atoms with van der Waals surface area (Å²) in [7, 11) is 1.63. The fraction of sp³-hybridized carbons (Fsp3) is 0.889. The zero-order valence-electron chi connectivity index (χ0n) is 8.51. The Morgan fingerprint density at radius 2 is 2.27 bits per heavy atom. The highest BCUT2D eigenvalue weighted by Gasteiger charge is 2.41. The third kappa shape index (κ3) is 3.36. The van der Waals surface area contributed by atoms with Gasteiger partial charge in [0.15, 0.2) is 5.92 Å². The van der Waals surface area contributed by atoms with Gasteiger partial charge in [-0.15, -0.1) is 0 Å². The quantitative estimate of drug-likeness (QED) is 0.772. The van der Waals surface area contributed by atoms with Crippen molar-refractivity contribution in [3.63, 3.8) is 0 Å². The molecule has 1 aliphatic heterocycles. The van der Waals surface area contributed by atoms with E-state index in [1.54, 1.807) is 11.9 Å². The van der Waals surface area contributed by atoms with Crippen LogP contribution < -0.4 is 5.32 Å². The predicted octanol–water partition coefficient (Wildman–Crippen LogP) is 0.982. The van der Waals surface area contributed by atoms with Gasteiger partial charge in [-0.25, -0.2) is 0 Å². The second-order valence-electron chi connectivity index (χ2n) is 3.81. The molecule has 0 bridgehead atoms. The van der Waals surface area contributed by atoms with E-state index in [2.05, 4.69) is 5.32 Å². The Kier molecular flexibility index (Phi) is 3.94. The normalized spacial score (nSPS) is 24.1. The molecule has 3 nitrogen and oxygen atoms in total. The van der Waals surface area contributed by atoms with Gasteiger partial charge in [-0.3, -0.25) is 0 Å². The lowest BCUT2D eigenvalue weighted by Gasteiger charge is -2.26. The van der Waals surface area contributed by atoms with Crippen LogP contribution in [0.4, 0.5) is 13.2 Å². The Labute approximate surface area is 86.9 Å². The molecule has 2 unspecified atom stereocenters. The van der Waals surface area contributed by atoms with E-state index in [0.29, 0.717) is 6.54 Å². The van der Waals surface area contributed by atoms with Gasteiger partial charge in [-0.05, 0) is 20.0 Å². The maximum absolute atomic E-state index is 12.3. The van der Waals surface area contributed by atoms with Gasteiger partial charge in [0.2, 0.25) is 0 Å². The molecule has 6 heteroatoms. The molecule has 1 aliphatic rings. The molecular formula is C9H14F3N3. The van der Waals surface area contributed by atoms with E-state index in [1.807, 2.05) is 0 Å². The number of nitrogens with zero attached hydrogens (tertiary/aromatic N) is 2. The van der Waals surface area contributed by atoms with Crippen molar-refractivity contribution >= 4 is 0 Å². The topological polar surface area (TPSA) is 39.1 Å². The van der Waals surface area contributed by atoms with Gasteiger partial charge in [0.25, 0.3) is 0 Å². The van der Waals surface area contributed by atoms with Crippen LogP contribution in [0.3, 0.4) is 0 Å². The smallest absolute Gasteiger partial charge is 0.315 e. The third-order valence-electron chi connectivity index (χ3n) is 2.68. The maximum Gasteiger partial charge on any atom is 0.405 e. The number of hydrogen-bond donors (Lipinski definition) is 1. The summed E-state index contributed by atoms with van der Waals surface area (Å²) in [6.07, 6.45) is -3.58. The van der Waals surface area contributed by atoms with Gasteiger partial charge in [-0.2, -0.15) is 18.4 Å². The van der Waals surface area contributed by atoms with Crippen LogP contribution in [-0.2, 0) is 0 Å². The van der Waals surface area contributed by atoms with Crippen molar-refractivity contribution in [2.75, 3.05) is 26.7 Å². The first-order valence-corrected chi connectivity index (χ1v) is 4.82. The van der Waals surface area contributed by atoms with Gasteiger partial charge in [-0.1, -0.05) is 0 Å². The van der Waals surface area contributed by atoms with Crippen LogP contribution in [0.25, 0.3) is 0 Å². The van der Waals surface area contributed by atoms with Crippen molar-refractivity contribution in [3.8, 4) is 6.07 Å². The minimum atomic E-state index is -4.42. The molecule has 0 aromatic rings. The number of alkyl halides is 3. The molecule has 0 saturated carbocycles. The van der Waals surface area contributed by atoms with Crippen LogP contribution in [-0.4, -0.2) is 43.8 Å². The van der Waals surface area contributed by atoms with Gasteiger partial charge in [0.05, 0.1) is 6.07 Å². The highest BCUT2D eigenvalue weighted by molar-refractivity contribution is 4.92. The molecule has 15 heavy (non-hydrogen) atoms. The molecule has 1 rings (SSSR count). The van der Waals surface area contributed by atoms with E-state index >= 15 is 0 Å². The van der Waals surface area contributed by atoms with Crippen molar-refractivity contribution in [2.45, 2.75) is 18.6 Å². The molecule has 1 fully saturated rings. The summed E-state index contributed by atoms with van der Waals surface area (Å²) >= 11 is 0. The Morgan fingerprint density at radius 1 is 1.60 bits per heavy atom. The van der Waals surface area contributed by atoms with Crippen LogP contribution in [0.1, 0.15) is 6.42 Å². The minimum absolute atomic E-state index is 0.114. The molecule has 0 amide bonds. The van der Waals surface area contributed by atoms with E-state index in [1.165, 1.54) is 6.07 Å². The molecule has 0 aromatic carbocycles. The van der Waals surface area contributed by atoms with Gasteiger partial charge in [0.1, 0.15) is 0 Å². The summed E-state index contributed by atoms with van der Waals surface area (Å²) in [5.74, 6) is -1.89. The fourth-order valence-electron chi connectivity index (χ4n) is 1.67. The van der Waals surface area contributed by atoms with E-state index in [4.69, 9.17) is 5.26 Å². The average Bonchev–Trinajstić information content (AvgIpc) is 2.64. The number of nitrogens with one attached hydrogen (secondary N) is 1. The maximum atomic E-state index is 12.3. The summed E-state index contributed by atoms with van der Waals surface area (Å²) in [5, 5.41) is 11.5. The van der Waals surface area contributed by atoms with Crippen LogP contribution in [0.2, 0.25) is 0 Å². The lowest BCUT2D eigenvalue weighted by Crippen LogP contribution is -2.40. The molecule has 0 aromatic heterocycles. The second-order valence-corrected chi connectivity index (χ2v) is 3.81. The molecule has 2 atom stereocenters. The predicted molar refractivity (Wildman–Crippen MR) is 49.1 cm³/mol. The third-order valence-corrected chi connectivity index (χ3v) is 2.68. The minimum Gasteiger partial charge on any atom is -0.315 e. The van der Waals surface area contributed by atoms with Crippen molar-refractivity contribution < 1.29 is 13.2 Å². The number of nitriles is 1. The largest absolute Gasteiger partial charge is 0.405 e. The fourth-order valence-corrected chi connectivity index (χ4v) is 1.67. The van der Waals surface area contributed by atoms with Gasteiger partial charge >= 0.3 is 6.18 Å². The van der Waals surface area contributed by atoms with Gasteiger partial charge < -0.3 is 10.2 Å². The molecule has 1 saturated heterocycles. The Hall–Kier alpha value is -0.800. The number of likely N-dealkylation sites (N-methyl/N-ethyl adjacent to an activating group) is 1. The Bertz CT molecular complexity index is 240. The standard InChI is InChI=1S/C9H14F3N3/c1-15(8-2-3-14-5-8)6-7(4-13)9(10,11)12/h7-8,14H,2-3,5-6H2,1H3. The summed E-state index contributed by atoms with van der Waals surface area (Å²) in [5.41, 5.74) is 0. The highest BCUT2D eigenvalue weighted by Crippen LogP contribution is 2.26. The van der Waals surface area contributed by atoms with Crippen molar-refractivity contribution in [1.82, 2.24) is 10.2 Å².